The minimum atomic E-state index is -3.55. The van der Waals surface area contributed by atoms with Crippen molar-refractivity contribution in [2.45, 2.75) is 36.4 Å². The van der Waals surface area contributed by atoms with E-state index in [2.05, 4.69) is 0 Å². The van der Waals surface area contributed by atoms with Gasteiger partial charge >= 0.3 is 0 Å². The summed E-state index contributed by atoms with van der Waals surface area (Å²) in [7, 11) is -0.930. The first kappa shape index (κ1) is 17.7. The Balaban J connectivity index is 2.62. The molecule has 1 aliphatic rings. The molecule has 0 radical (unpaired) electrons. The maximum Gasteiger partial charge on any atom is 0.229 e. The Morgan fingerprint density at radius 2 is 1.95 bits per heavy atom. The summed E-state index contributed by atoms with van der Waals surface area (Å²) in [6.07, 6.45) is -0.383. The Bertz CT molecular complexity index is 646. The standard InChI is InChI=1S/C14H21FO5S2/c1-8(2)7-20-12-9-6-10(15)14(18-3,19-4)11(9)13(21-12)22(5,16)17/h8,10H,6-7H2,1-5H3. The maximum absolute atomic E-state index is 14.5. The molecule has 1 unspecified atom stereocenters. The molecule has 0 saturated heterocycles. The van der Waals surface area contributed by atoms with E-state index in [0.29, 0.717) is 17.2 Å². The molecule has 1 aromatic heterocycles. The number of thiophene rings is 1. The molecule has 1 heterocycles. The lowest BCUT2D eigenvalue weighted by Crippen LogP contribution is -2.38. The summed E-state index contributed by atoms with van der Waals surface area (Å²) in [6, 6.07) is 0. The van der Waals surface area contributed by atoms with Crippen molar-refractivity contribution < 1.29 is 27.0 Å². The zero-order valence-corrected chi connectivity index (χ0v) is 14.9. The lowest BCUT2D eigenvalue weighted by Gasteiger charge is -2.29. The highest BCUT2D eigenvalue weighted by Gasteiger charge is 2.54. The van der Waals surface area contributed by atoms with Crippen LogP contribution >= 0.6 is 11.3 Å². The number of sulfone groups is 1. The summed E-state index contributed by atoms with van der Waals surface area (Å²) in [5, 5.41) is 0.433. The summed E-state index contributed by atoms with van der Waals surface area (Å²) >= 11 is 1.01. The fraction of sp³-hybridized carbons (Fsp3) is 0.714. The van der Waals surface area contributed by atoms with Crippen LogP contribution in [0, 0.1) is 5.92 Å². The van der Waals surface area contributed by atoms with Crippen LogP contribution in [-0.4, -0.2) is 41.7 Å². The third-order valence-corrected chi connectivity index (χ3v) is 6.55. The Labute approximate surface area is 134 Å². The molecule has 0 aromatic carbocycles. The normalized spacial score (nSPS) is 20.4. The van der Waals surface area contributed by atoms with Gasteiger partial charge in [-0.3, -0.25) is 0 Å². The number of rotatable bonds is 6. The summed E-state index contributed by atoms with van der Waals surface area (Å²) in [4.78, 5) is 0. The van der Waals surface area contributed by atoms with Gasteiger partial charge in [0.15, 0.2) is 21.1 Å². The van der Waals surface area contributed by atoms with E-state index in [1.165, 1.54) is 14.2 Å². The van der Waals surface area contributed by atoms with Gasteiger partial charge in [-0.25, -0.2) is 12.8 Å². The molecule has 0 bridgehead atoms. The fourth-order valence-corrected chi connectivity index (χ4v) is 5.03. The quantitative estimate of drug-likeness (QED) is 0.736. The monoisotopic (exact) mass is 352 g/mol. The van der Waals surface area contributed by atoms with E-state index in [4.69, 9.17) is 14.2 Å². The summed E-state index contributed by atoms with van der Waals surface area (Å²) in [5.74, 6) is -1.42. The van der Waals surface area contributed by atoms with E-state index in [1.54, 1.807) is 0 Å². The second-order valence-corrected chi connectivity index (χ2v) is 8.95. The molecule has 0 N–H and O–H groups in total. The van der Waals surface area contributed by atoms with Crippen LogP contribution < -0.4 is 4.74 Å². The molecule has 0 spiro atoms. The van der Waals surface area contributed by atoms with Crippen LogP contribution in [0.2, 0.25) is 0 Å². The molecule has 0 amide bonds. The van der Waals surface area contributed by atoms with Gasteiger partial charge < -0.3 is 14.2 Å². The highest BCUT2D eigenvalue weighted by atomic mass is 32.2. The lowest BCUT2D eigenvalue weighted by atomic mass is 10.1. The summed E-state index contributed by atoms with van der Waals surface area (Å²) in [6.45, 7) is 4.40. The molecule has 8 heteroatoms. The van der Waals surface area contributed by atoms with Crippen molar-refractivity contribution in [3.05, 3.63) is 11.1 Å². The molecule has 0 fully saturated rings. The van der Waals surface area contributed by atoms with E-state index in [0.717, 1.165) is 17.6 Å². The average Bonchev–Trinajstić information content (AvgIpc) is 2.90. The van der Waals surface area contributed by atoms with E-state index >= 15 is 0 Å². The smallest absolute Gasteiger partial charge is 0.229 e. The van der Waals surface area contributed by atoms with Gasteiger partial charge in [0, 0.05) is 32.5 Å². The van der Waals surface area contributed by atoms with Crippen molar-refractivity contribution in [3.63, 3.8) is 0 Å². The van der Waals surface area contributed by atoms with E-state index in [9.17, 15) is 12.8 Å². The fourth-order valence-electron chi connectivity index (χ4n) is 2.59. The highest BCUT2D eigenvalue weighted by Crippen LogP contribution is 2.53. The van der Waals surface area contributed by atoms with Crippen LogP contribution in [0.3, 0.4) is 0 Å². The molecule has 126 valence electrons. The average molecular weight is 352 g/mol. The Kier molecular flexibility index (Phi) is 4.87. The van der Waals surface area contributed by atoms with Gasteiger partial charge in [0.2, 0.25) is 5.79 Å². The predicted octanol–water partition coefficient (Wildman–Crippen LogP) is 2.53. The molecule has 0 saturated carbocycles. The second kappa shape index (κ2) is 6.07. The molecule has 2 rings (SSSR count). The summed E-state index contributed by atoms with van der Waals surface area (Å²) < 4.78 is 54.9. The van der Waals surface area contributed by atoms with Gasteiger partial charge in [0.1, 0.15) is 4.21 Å². The third-order valence-electron chi connectivity index (χ3n) is 3.57. The number of alkyl halides is 1. The van der Waals surface area contributed by atoms with Gasteiger partial charge in [-0.15, -0.1) is 0 Å². The Morgan fingerprint density at radius 1 is 1.36 bits per heavy atom. The maximum atomic E-state index is 14.5. The van der Waals surface area contributed by atoms with Crippen molar-refractivity contribution in [3.8, 4) is 5.06 Å². The van der Waals surface area contributed by atoms with Crippen molar-refractivity contribution in [1.82, 2.24) is 0 Å². The Hall–Kier alpha value is -0.700. The molecule has 1 aliphatic carbocycles. The van der Waals surface area contributed by atoms with Gasteiger partial charge in [-0.2, -0.15) is 0 Å². The molecule has 5 nitrogen and oxygen atoms in total. The number of hydrogen-bond acceptors (Lipinski definition) is 6. The highest BCUT2D eigenvalue weighted by molar-refractivity contribution is 7.92. The van der Waals surface area contributed by atoms with Gasteiger partial charge in [-0.05, 0) is 5.92 Å². The van der Waals surface area contributed by atoms with Gasteiger partial charge in [-0.1, -0.05) is 25.2 Å². The van der Waals surface area contributed by atoms with Crippen LogP contribution in [0.1, 0.15) is 25.0 Å². The minimum absolute atomic E-state index is 0.0104. The third kappa shape index (κ3) is 2.77. The number of methoxy groups -OCH3 is 2. The molecule has 22 heavy (non-hydrogen) atoms. The van der Waals surface area contributed by atoms with E-state index in [-0.39, 0.29) is 22.1 Å². The second-order valence-electron chi connectivity index (χ2n) is 5.75. The SMILES string of the molecule is COC1(OC)c2c(S(C)(=O)=O)sc(OCC(C)C)c2CC1F. The van der Waals surface area contributed by atoms with Crippen LogP contribution in [0.25, 0.3) is 0 Å². The summed E-state index contributed by atoms with van der Waals surface area (Å²) in [5.41, 5.74) is 0.776. The largest absolute Gasteiger partial charge is 0.483 e. The molecular formula is C14H21FO5S2. The zero-order chi connectivity index (χ0) is 16.7. The van der Waals surface area contributed by atoms with Crippen molar-refractivity contribution in [2.24, 2.45) is 5.92 Å². The molecular weight excluding hydrogens is 331 g/mol. The number of halogens is 1. The number of fused-ring (bicyclic) bond motifs is 1. The van der Waals surface area contributed by atoms with Crippen molar-refractivity contribution >= 4 is 21.2 Å². The van der Waals surface area contributed by atoms with Gasteiger partial charge in [0.05, 0.1) is 12.2 Å². The lowest BCUT2D eigenvalue weighted by molar-refractivity contribution is -0.246. The van der Waals surface area contributed by atoms with Crippen LogP contribution in [0.5, 0.6) is 5.06 Å². The van der Waals surface area contributed by atoms with E-state index in [1.807, 2.05) is 13.8 Å². The molecule has 1 aromatic rings. The van der Waals surface area contributed by atoms with Crippen LogP contribution in [-0.2, 0) is 31.5 Å². The predicted molar refractivity (Wildman–Crippen MR) is 82.1 cm³/mol. The van der Waals surface area contributed by atoms with E-state index < -0.39 is 21.8 Å². The Morgan fingerprint density at radius 3 is 2.41 bits per heavy atom. The van der Waals surface area contributed by atoms with Crippen LogP contribution in [0.4, 0.5) is 4.39 Å². The van der Waals surface area contributed by atoms with Gasteiger partial charge in [0.25, 0.3) is 0 Å². The molecule has 1 atom stereocenters. The van der Waals surface area contributed by atoms with Crippen molar-refractivity contribution in [2.75, 3.05) is 27.1 Å². The first-order valence-corrected chi connectivity index (χ1v) is 9.61. The first-order valence-electron chi connectivity index (χ1n) is 6.90. The minimum Gasteiger partial charge on any atom is -0.483 e. The first-order chi connectivity index (χ1) is 10.2. The van der Waals surface area contributed by atoms with Crippen LogP contribution in [0.15, 0.2) is 4.21 Å². The number of ether oxygens (including phenoxy) is 3. The zero-order valence-electron chi connectivity index (χ0n) is 13.3. The number of hydrogen-bond donors (Lipinski definition) is 0. The molecule has 0 aliphatic heterocycles. The van der Waals surface area contributed by atoms with Crippen molar-refractivity contribution in [1.29, 1.82) is 0 Å². The topological polar surface area (TPSA) is 61.8 Å².